The largest absolute Gasteiger partial charge is 0.462 e. The van der Waals surface area contributed by atoms with Crippen LogP contribution in [0.2, 0.25) is 0 Å². The molecular formula is C35H56N8O10S. The van der Waals surface area contributed by atoms with Crippen LogP contribution in [0.3, 0.4) is 0 Å². The Bertz CT molecular complexity index is 1650. The van der Waals surface area contributed by atoms with E-state index in [2.05, 4.69) is 30.0 Å². The van der Waals surface area contributed by atoms with Crippen molar-refractivity contribution < 1.29 is 38.1 Å². The van der Waals surface area contributed by atoms with Crippen LogP contribution in [0, 0.1) is 0 Å². The summed E-state index contributed by atoms with van der Waals surface area (Å²) in [5.41, 5.74) is 3.61. The molecule has 302 valence electrons. The maximum absolute atomic E-state index is 12.1. The third-order valence-electron chi connectivity index (χ3n) is 7.44. The number of nitrogens with two attached hydrogens (primary N) is 1. The minimum Gasteiger partial charge on any atom is -0.462 e. The summed E-state index contributed by atoms with van der Waals surface area (Å²) in [6.45, 7) is 17.4. The van der Waals surface area contributed by atoms with Crippen LogP contribution in [-0.2, 0) is 18.9 Å². The van der Waals surface area contributed by atoms with E-state index in [4.69, 9.17) is 19.9 Å². The number of hydrogen-bond acceptors (Lipinski definition) is 15. The van der Waals surface area contributed by atoms with Crippen molar-refractivity contribution in [2.45, 2.75) is 110 Å². The molecule has 2 aromatic heterocycles. The number of anilines is 1. The molecule has 0 bridgehead atoms. The molecule has 4 heterocycles. The fraction of sp³-hybridized carbons (Fsp3) is 0.657. The van der Waals surface area contributed by atoms with Crippen LogP contribution < -0.4 is 22.2 Å². The zero-order valence-corrected chi connectivity index (χ0v) is 33.6. The van der Waals surface area contributed by atoms with Crippen molar-refractivity contribution >= 4 is 41.8 Å². The van der Waals surface area contributed by atoms with Crippen LogP contribution >= 0.6 is 11.8 Å². The summed E-state index contributed by atoms with van der Waals surface area (Å²) in [5.74, 6) is -1.05. The molecule has 2 aliphatic heterocycles. The summed E-state index contributed by atoms with van der Waals surface area (Å²) in [6, 6.07) is 0.305. The van der Waals surface area contributed by atoms with E-state index < -0.39 is 34.3 Å². The molecular weight excluding hydrogens is 724 g/mol. The average Bonchev–Trinajstić information content (AvgIpc) is 3.08. The Morgan fingerprint density at radius 1 is 0.778 bits per heavy atom. The Hall–Kier alpha value is -4.65. The number of esters is 2. The first-order valence-electron chi connectivity index (χ1n) is 17.8. The highest BCUT2D eigenvalue weighted by molar-refractivity contribution is 7.98. The van der Waals surface area contributed by atoms with Crippen molar-refractivity contribution in [3.05, 3.63) is 44.2 Å². The molecule has 19 heteroatoms. The normalized spacial score (nSPS) is 15.1. The van der Waals surface area contributed by atoms with Crippen LogP contribution in [0.4, 0.5) is 15.5 Å². The zero-order valence-electron chi connectivity index (χ0n) is 32.7. The summed E-state index contributed by atoms with van der Waals surface area (Å²) in [5, 5.41) is 3.61. The minimum absolute atomic E-state index is 0.0604. The maximum Gasteiger partial charge on any atom is 0.410 e. The molecule has 2 aromatic rings. The number of rotatable bonds is 7. The second-order valence-electron chi connectivity index (χ2n) is 14.2. The number of carbonyl (C=O) groups excluding carboxylic acids is 4. The van der Waals surface area contributed by atoms with Gasteiger partial charge in [-0.05, 0) is 87.3 Å². The van der Waals surface area contributed by atoms with Gasteiger partial charge in [0.05, 0.1) is 19.4 Å². The fourth-order valence-corrected chi connectivity index (χ4v) is 5.15. The Kier molecular flexibility index (Phi) is 17.9. The van der Waals surface area contributed by atoms with E-state index in [1.54, 1.807) is 29.9 Å². The topological polar surface area (TPSA) is 241 Å². The number of amides is 2. The highest BCUT2D eigenvalue weighted by atomic mass is 32.2. The first-order valence-corrected chi connectivity index (χ1v) is 19.0. The van der Waals surface area contributed by atoms with Crippen LogP contribution in [0.5, 0.6) is 0 Å². The van der Waals surface area contributed by atoms with Crippen molar-refractivity contribution in [1.29, 1.82) is 0 Å². The molecule has 0 spiro atoms. The molecule has 0 atom stereocenters. The molecule has 0 aromatic carbocycles. The fourth-order valence-electron chi connectivity index (χ4n) is 4.79. The molecule has 2 fully saturated rings. The summed E-state index contributed by atoms with van der Waals surface area (Å²) in [6.07, 6.45) is 6.81. The van der Waals surface area contributed by atoms with Crippen LogP contribution in [0.15, 0.2) is 27.1 Å². The van der Waals surface area contributed by atoms with Crippen molar-refractivity contribution in [1.82, 2.24) is 29.7 Å². The van der Waals surface area contributed by atoms with E-state index in [1.165, 1.54) is 24.2 Å². The Morgan fingerprint density at radius 2 is 1.20 bits per heavy atom. The molecule has 18 nitrogen and oxygen atoms in total. The number of likely N-dealkylation sites (tertiary alicyclic amines) is 2. The number of H-pyrrole nitrogens is 2. The van der Waals surface area contributed by atoms with Gasteiger partial charge in [-0.3, -0.25) is 14.6 Å². The van der Waals surface area contributed by atoms with E-state index in [-0.39, 0.29) is 48.6 Å². The number of ether oxygens (including phenoxy) is 4. The maximum atomic E-state index is 12.1. The summed E-state index contributed by atoms with van der Waals surface area (Å²) in [4.78, 5) is 86.0. The monoisotopic (exact) mass is 780 g/mol. The van der Waals surface area contributed by atoms with Crippen molar-refractivity contribution in [3.8, 4) is 0 Å². The van der Waals surface area contributed by atoms with Crippen LogP contribution in [-0.4, -0.2) is 123 Å². The van der Waals surface area contributed by atoms with Crippen LogP contribution in [0.1, 0.15) is 102 Å². The third kappa shape index (κ3) is 16.2. The van der Waals surface area contributed by atoms with Crippen molar-refractivity contribution in [2.24, 2.45) is 5.73 Å². The van der Waals surface area contributed by atoms with Gasteiger partial charge in [0, 0.05) is 44.5 Å². The molecule has 2 amide bonds. The molecule has 0 aliphatic carbocycles. The van der Waals surface area contributed by atoms with Gasteiger partial charge in [0.15, 0.2) is 5.16 Å². The lowest BCUT2D eigenvalue weighted by Gasteiger charge is -2.33. The first kappa shape index (κ1) is 45.5. The van der Waals surface area contributed by atoms with E-state index in [0.717, 1.165) is 25.9 Å². The van der Waals surface area contributed by atoms with Crippen molar-refractivity contribution in [3.63, 3.8) is 0 Å². The smallest absolute Gasteiger partial charge is 0.410 e. The quantitative estimate of drug-likeness (QED) is 0.135. The second-order valence-corrected chi connectivity index (χ2v) is 15.0. The number of piperidine rings is 2. The average molecular weight is 781 g/mol. The lowest BCUT2D eigenvalue weighted by atomic mass is 10.1. The SMILES string of the molecule is CC(C)(C)OC(=O)N1CCC(N)CC1.CCOC(=O)c1cnc(NC2CCN(C(=O)OC(C)(C)C)CC2)[nH]c1=O.CCOC(=O)c1cnc(SC)[nH]c1=O. The molecule has 0 radical (unpaired) electrons. The minimum atomic E-state index is -0.696. The molecule has 0 unspecified atom stereocenters. The number of carbonyl (C=O) groups is 4. The van der Waals surface area contributed by atoms with Gasteiger partial charge in [-0.2, -0.15) is 0 Å². The molecule has 2 aliphatic rings. The standard InChI is InChI=1S/C17H26N4O5.C10H20N2O2.C8H10N2O3S/c1-5-25-14(23)12-10-18-15(20-13(12)22)19-11-6-8-21(9-7-11)16(24)26-17(2,3)4;1-10(2,3)14-9(13)12-6-4-8(11)5-7-12;1-3-13-7(12)5-4-9-8(14-2)10-6(5)11/h10-11H,5-9H2,1-4H3,(H2,18,19,20,22);8H,4-7,11H2,1-3H3;4H,3H2,1-2H3,(H,9,10,11). The Morgan fingerprint density at radius 3 is 1.59 bits per heavy atom. The first-order chi connectivity index (χ1) is 25.3. The summed E-state index contributed by atoms with van der Waals surface area (Å²) >= 11 is 1.30. The predicted molar refractivity (Wildman–Crippen MR) is 203 cm³/mol. The van der Waals surface area contributed by atoms with Gasteiger partial charge in [-0.25, -0.2) is 29.1 Å². The number of nitrogens with one attached hydrogen (secondary N) is 3. The number of aromatic nitrogens is 4. The van der Waals surface area contributed by atoms with Gasteiger partial charge in [0.25, 0.3) is 11.1 Å². The van der Waals surface area contributed by atoms with Crippen molar-refractivity contribution in [2.75, 3.05) is 51.0 Å². The van der Waals surface area contributed by atoms with Gasteiger partial charge in [-0.1, -0.05) is 11.8 Å². The van der Waals surface area contributed by atoms with Gasteiger partial charge < -0.3 is 44.8 Å². The molecule has 0 saturated carbocycles. The second kappa shape index (κ2) is 21.3. The molecule has 4 rings (SSSR count). The Labute approximate surface area is 319 Å². The number of aromatic amines is 2. The molecule has 2 saturated heterocycles. The van der Waals surface area contributed by atoms with Crippen LogP contribution in [0.25, 0.3) is 0 Å². The number of nitrogens with zero attached hydrogens (tertiary/aromatic N) is 4. The predicted octanol–water partition coefficient (Wildman–Crippen LogP) is 3.77. The third-order valence-corrected chi connectivity index (χ3v) is 8.03. The number of hydrogen-bond donors (Lipinski definition) is 4. The Balaban J connectivity index is 0.000000305. The van der Waals surface area contributed by atoms with E-state index in [0.29, 0.717) is 37.0 Å². The summed E-state index contributed by atoms with van der Waals surface area (Å²) in [7, 11) is 0. The van der Waals surface area contributed by atoms with Gasteiger partial charge >= 0.3 is 24.1 Å². The van der Waals surface area contributed by atoms with Gasteiger partial charge in [0.2, 0.25) is 5.95 Å². The zero-order chi connectivity index (χ0) is 40.6. The lowest BCUT2D eigenvalue weighted by Crippen LogP contribution is -2.44. The molecule has 5 N–H and O–H groups in total. The molecule has 54 heavy (non-hydrogen) atoms. The van der Waals surface area contributed by atoms with Gasteiger partial charge in [0.1, 0.15) is 22.3 Å². The lowest BCUT2D eigenvalue weighted by molar-refractivity contribution is 0.0197. The van der Waals surface area contributed by atoms with E-state index in [9.17, 15) is 28.8 Å². The highest BCUT2D eigenvalue weighted by Crippen LogP contribution is 2.18. The van der Waals surface area contributed by atoms with E-state index >= 15 is 0 Å². The number of thioether (sulfide) groups is 1. The summed E-state index contributed by atoms with van der Waals surface area (Å²) < 4.78 is 20.1. The van der Waals surface area contributed by atoms with Gasteiger partial charge in [-0.15, -0.1) is 0 Å². The highest BCUT2D eigenvalue weighted by Gasteiger charge is 2.28. The van der Waals surface area contributed by atoms with E-state index in [1.807, 2.05) is 41.5 Å².